The van der Waals surface area contributed by atoms with E-state index in [9.17, 15) is 14.4 Å². The van der Waals surface area contributed by atoms with Crippen molar-refractivity contribution >= 4 is 29.2 Å². The number of nitrogens with one attached hydrogen (secondary N) is 3. The summed E-state index contributed by atoms with van der Waals surface area (Å²) in [5.74, 6) is -0.385. The van der Waals surface area contributed by atoms with Crippen molar-refractivity contribution in [3.8, 4) is 0 Å². The van der Waals surface area contributed by atoms with E-state index in [0.717, 1.165) is 16.9 Å². The number of para-hydroxylation sites is 1. The summed E-state index contributed by atoms with van der Waals surface area (Å²) in [6, 6.07) is 13.0. The number of carbonyl (C=O) groups excluding carboxylic acids is 3. The lowest BCUT2D eigenvalue weighted by molar-refractivity contribution is -0.125. The zero-order chi connectivity index (χ0) is 20.6. The first-order valence-corrected chi connectivity index (χ1v) is 9.75. The predicted octanol–water partition coefficient (Wildman–Crippen LogP) is 2.86. The molecular formula is C22H24N4O3. The van der Waals surface area contributed by atoms with E-state index in [1.165, 1.54) is 5.56 Å². The third-order valence-corrected chi connectivity index (χ3v) is 5.95. The zero-order valence-electron chi connectivity index (χ0n) is 16.5. The topological polar surface area (TPSA) is 90.5 Å². The zero-order valence-corrected chi connectivity index (χ0v) is 16.5. The summed E-state index contributed by atoms with van der Waals surface area (Å²) in [6.07, 6.45) is 0.811. The quantitative estimate of drug-likeness (QED) is 0.701. The van der Waals surface area contributed by atoms with E-state index in [1.54, 1.807) is 4.90 Å². The highest BCUT2D eigenvalue weighted by Gasteiger charge is 2.48. The second-order valence-electron chi connectivity index (χ2n) is 7.70. The van der Waals surface area contributed by atoms with Gasteiger partial charge in [-0.25, -0.2) is 4.79 Å². The highest BCUT2D eigenvalue weighted by atomic mass is 16.2. The molecule has 0 saturated carbocycles. The third-order valence-electron chi connectivity index (χ3n) is 5.95. The molecular weight excluding hydrogens is 368 g/mol. The minimum Gasteiger partial charge on any atom is -0.355 e. The number of urea groups is 1. The molecule has 2 aliphatic rings. The Bertz CT molecular complexity index is 993. The second-order valence-corrected chi connectivity index (χ2v) is 7.70. The van der Waals surface area contributed by atoms with Gasteiger partial charge in [-0.05, 0) is 56.0 Å². The van der Waals surface area contributed by atoms with Gasteiger partial charge in [-0.3, -0.25) is 14.9 Å². The summed E-state index contributed by atoms with van der Waals surface area (Å²) in [7, 11) is 0. The maximum absolute atomic E-state index is 13.2. The standard InChI is InChI=1S/C22H24N4O3/c1-14-6-5-9-17(15(14)2)23-18-8-4-3-7-16(18)19(27)26-12-10-22(11-13-26)20(28)24-21(29)25-22/h3-9,23H,10-13H2,1-2H3,(H2,24,25,28,29). The molecule has 0 radical (unpaired) electrons. The number of anilines is 2. The molecule has 0 atom stereocenters. The molecule has 2 heterocycles. The van der Waals surface area contributed by atoms with Crippen molar-refractivity contribution in [3.63, 3.8) is 0 Å². The molecule has 7 heteroatoms. The number of rotatable bonds is 3. The Balaban J connectivity index is 1.52. The molecule has 4 amide bonds. The second kappa shape index (κ2) is 7.24. The Morgan fingerprint density at radius 2 is 1.69 bits per heavy atom. The van der Waals surface area contributed by atoms with Crippen LogP contribution in [0.3, 0.4) is 0 Å². The molecule has 0 bridgehead atoms. The van der Waals surface area contributed by atoms with E-state index in [-0.39, 0.29) is 11.8 Å². The van der Waals surface area contributed by atoms with Gasteiger partial charge in [0.15, 0.2) is 0 Å². The van der Waals surface area contributed by atoms with E-state index in [2.05, 4.69) is 28.9 Å². The van der Waals surface area contributed by atoms with Gasteiger partial charge in [-0.2, -0.15) is 0 Å². The monoisotopic (exact) mass is 392 g/mol. The van der Waals surface area contributed by atoms with Crippen molar-refractivity contribution in [3.05, 3.63) is 59.2 Å². The molecule has 2 aromatic rings. The van der Waals surface area contributed by atoms with Crippen molar-refractivity contribution in [1.82, 2.24) is 15.5 Å². The Morgan fingerprint density at radius 3 is 2.38 bits per heavy atom. The minimum absolute atomic E-state index is 0.0852. The molecule has 1 spiro atoms. The number of benzene rings is 2. The number of aryl methyl sites for hydroxylation is 1. The highest BCUT2D eigenvalue weighted by Crippen LogP contribution is 2.29. The van der Waals surface area contributed by atoms with Gasteiger partial charge in [0.2, 0.25) is 0 Å². The molecule has 29 heavy (non-hydrogen) atoms. The number of carbonyl (C=O) groups is 3. The number of hydrogen-bond acceptors (Lipinski definition) is 4. The molecule has 2 aromatic carbocycles. The van der Waals surface area contributed by atoms with Crippen molar-refractivity contribution in [2.75, 3.05) is 18.4 Å². The lowest BCUT2D eigenvalue weighted by atomic mass is 9.87. The lowest BCUT2D eigenvalue weighted by Crippen LogP contribution is -2.55. The number of likely N-dealkylation sites (tertiary alicyclic amines) is 1. The molecule has 2 fully saturated rings. The maximum Gasteiger partial charge on any atom is 0.322 e. The number of hydrogen-bond donors (Lipinski definition) is 3. The molecule has 0 unspecified atom stereocenters. The van der Waals surface area contributed by atoms with E-state index in [1.807, 2.05) is 43.3 Å². The van der Waals surface area contributed by atoms with E-state index in [0.29, 0.717) is 31.5 Å². The van der Waals surface area contributed by atoms with Crippen LogP contribution in [0.25, 0.3) is 0 Å². The summed E-state index contributed by atoms with van der Waals surface area (Å²) < 4.78 is 0. The normalized spacial score (nSPS) is 17.8. The first kappa shape index (κ1) is 19.0. The number of imide groups is 1. The van der Waals surface area contributed by atoms with Crippen LogP contribution in [-0.4, -0.2) is 41.4 Å². The fourth-order valence-corrected chi connectivity index (χ4v) is 3.95. The first-order chi connectivity index (χ1) is 13.9. The van der Waals surface area contributed by atoms with Crippen LogP contribution in [0.4, 0.5) is 16.2 Å². The molecule has 2 aliphatic heterocycles. The molecule has 0 aromatic heterocycles. The van der Waals surface area contributed by atoms with Crippen molar-refractivity contribution < 1.29 is 14.4 Å². The minimum atomic E-state index is -0.885. The van der Waals surface area contributed by atoms with E-state index < -0.39 is 11.6 Å². The highest BCUT2D eigenvalue weighted by molar-refractivity contribution is 6.07. The summed E-state index contributed by atoms with van der Waals surface area (Å²) in [6.45, 7) is 4.92. The molecule has 4 rings (SSSR count). The molecule has 0 aliphatic carbocycles. The van der Waals surface area contributed by atoms with Gasteiger partial charge in [-0.15, -0.1) is 0 Å². The van der Waals surface area contributed by atoms with E-state index >= 15 is 0 Å². The van der Waals surface area contributed by atoms with Gasteiger partial charge in [0.25, 0.3) is 11.8 Å². The van der Waals surface area contributed by atoms with Gasteiger partial charge in [0, 0.05) is 18.8 Å². The largest absolute Gasteiger partial charge is 0.355 e. The Kier molecular flexibility index (Phi) is 4.74. The van der Waals surface area contributed by atoms with Gasteiger partial charge in [-0.1, -0.05) is 24.3 Å². The molecule has 2 saturated heterocycles. The average molecular weight is 392 g/mol. The van der Waals surface area contributed by atoms with Crippen molar-refractivity contribution in [2.45, 2.75) is 32.2 Å². The van der Waals surface area contributed by atoms with Crippen molar-refractivity contribution in [1.29, 1.82) is 0 Å². The van der Waals surface area contributed by atoms with Crippen LogP contribution in [0.1, 0.15) is 34.3 Å². The number of nitrogens with zero attached hydrogens (tertiary/aromatic N) is 1. The van der Waals surface area contributed by atoms with Gasteiger partial charge in [0.05, 0.1) is 11.3 Å². The smallest absolute Gasteiger partial charge is 0.322 e. The van der Waals surface area contributed by atoms with Crippen LogP contribution in [0.2, 0.25) is 0 Å². The van der Waals surface area contributed by atoms with Gasteiger partial charge < -0.3 is 15.5 Å². The lowest BCUT2D eigenvalue weighted by Gasteiger charge is -2.37. The average Bonchev–Trinajstić information content (AvgIpc) is 2.98. The Morgan fingerprint density at radius 1 is 1.00 bits per heavy atom. The number of piperidine rings is 1. The van der Waals surface area contributed by atoms with Gasteiger partial charge >= 0.3 is 6.03 Å². The third kappa shape index (κ3) is 3.44. The van der Waals surface area contributed by atoms with Crippen molar-refractivity contribution in [2.24, 2.45) is 0 Å². The van der Waals surface area contributed by atoms with Crippen LogP contribution < -0.4 is 16.0 Å². The van der Waals surface area contributed by atoms with Crippen LogP contribution in [0.5, 0.6) is 0 Å². The van der Waals surface area contributed by atoms with Crippen LogP contribution in [-0.2, 0) is 4.79 Å². The molecule has 150 valence electrons. The summed E-state index contributed by atoms with van der Waals surface area (Å²) >= 11 is 0. The van der Waals surface area contributed by atoms with Gasteiger partial charge in [0.1, 0.15) is 5.54 Å². The van der Waals surface area contributed by atoms with E-state index in [4.69, 9.17) is 0 Å². The SMILES string of the molecule is Cc1cccc(Nc2ccccc2C(=O)N2CCC3(CC2)NC(=O)NC3=O)c1C. The summed E-state index contributed by atoms with van der Waals surface area (Å²) in [5.41, 5.74) is 3.73. The predicted molar refractivity (Wildman–Crippen MR) is 110 cm³/mol. The molecule has 7 nitrogen and oxygen atoms in total. The summed E-state index contributed by atoms with van der Waals surface area (Å²) in [5, 5.41) is 8.42. The van der Waals surface area contributed by atoms with Crippen LogP contribution >= 0.6 is 0 Å². The Labute approximate surface area is 169 Å². The van der Waals surface area contributed by atoms with Crippen LogP contribution in [0.15, 0.2) is 42.5 Å². The fraction of sp³-hybridized carbons (Fsp3) is 0.318. The Hall–Kier alpha value is -3.35. The van der Waals surface area contributed by atoms with Crippen LogP contribution in [0, 0.1) is 13.8 Å². The number of amides is 4. The molecule has 3 N–H and O–H groups in total. The fourth-order valence-electron chi connectivity index (χ4n) is 3.95. The maximum atomic E-state index is 13.2. The first-order valence-electron chi connectivity index (χ1n) is 9.75. The summed E-state index contributed by atoms with van der Waals surface area (Å²) in [4.78, 5) is 38.6.